The van der Waals surface area contributed by atoms with Crippen LogP contribution in [0.25, 0.3) is 6.08 Å². The number of hydrogen-bond acceptors (Lipinski definition) is 7. The minimum Gasteiger partial charge on any atom is -0.495 e. The van der Waals surface area contributed by atoms with E-state index in [1.165, 1.54) is 32.2 Å². The van der Waals surface area contributed by atoms with Crippen molar-refractivity contribution in [1.29, 1.82) is 0 Å². The highest BCUT2D eigenvalue weighted by atomic mass is 79.9. The Bertz CT molecular complexity index is 891. The molecule has 0 saturated heterocycles. The number of amides is 1. The highest BCUT2D eigenvalue weighted by Gasteiger charge is 2.20. The maximum atomic E-state index is 12.2. The number of nitrogens with one attached hydrogen (secondary N) is 1. The molecule has 10 heteroatoms. The van der Waals surface area contributed by atoms with Crippen LogP contribution in [0.2, 0.25) is 0 Å². The number of rotatable bonds is 7. The second kappa shape index (κ2) is 8.99. The first-order valence-corrected chi connectivity index (χ1v) is 8.36. The molecule has 27 heavy (non-hydrogen) atoms. The first-order chi connectivity index (χ1) is 12.8. The van der Waals surface area contributed by atoms with Gasteiger partial charge in [-0.3, -0.25) is 14.9 Å². The lowest BCUT2D eigenvalue weighted by atomic mass is 10.2. The minimum atomic E-state index is -1.14. The first-order valence-electron chi connectivity index (χ1n) is 7.57. The Kier molecular flexibility index (Phi) is 6.72. The second-order valence-electron chi connectivity index (χ2n) is 5.19. The number of methoxy groups -OCH3 is 1. The van der Waals surface area contributed by atoms with Gasteiger partial charge in [0.25, 0.3) is 11.6 Å². The molecule has 142 valence electrons. The summed E-state index contributed by atoms with van der Waals surface area (Å²) in [5.41, 5.74) is -0.126. The van der Waals surface area contributed by atoms with Gasteiger partial charge in [-0.1, -0.05) is 0 Å². The summed E-state index contributed by atoms with van der Waals surface area (Å²) in [4.78, 5) is 34.3. The molecular weight excluding hydrogens is 424 g/mol. The zero-order chi connectivity index (χ0) is 20.0. The Morgan fingerprint density at radius 2 is 2.07 bits per heavy atom. The van der Waals surface area contributed by atoms with E-state index in [0.29, 0.717) is 10.4 Å². The van der Waals surface area contributed by atoms with Gasteiger partial charge in [0.2, 0.25) is 0 Å². The normalized spacial score (nSPS) is 11.8. The first kappa shape index (κ1) is 20.2. The van der Waals surface area contributed by atoms with Gasteiger partial charge in [-0.15, -0.1) is 0 Å². The Balaban J connectivity index is 2.00. The van der Waals surface area contributed by atoms with Crippen LogP contribution in [0, 0.1) is 10.1 Å². The molecule has 1 atom stereocenters. The number of benzene rings is 1. The number of esters is 1. The smallest absolute Gasteiger partial charge is 0.331 e. The van der Waals surface area contributed by atoms with E-state index in [1.807, 2.05) is 0 Å². The summed E-state index contributed by atoms with van der Waals surface area (Å²) < 4.78 is 15.8. The SMILES string of the molecule is COc1ccc([N+](=O)[O-])cc1NC(=O)C(C)OC(=O)C=Cc1ccc(Br)o1. The number of ether oxygens (including phenoxy) is 2. The molecule has 1 amide bonds. The molecule has 1 aromatic carbocycles. The van der Waals surface area contributed by atoms with Gasteiger partial charge in [0, 0.05) is 18.2 Å². The number of carbonyl (C=O) groups is 2. The van der Waals surface area contributed by atoms with Crippen LogP contribution in [0.3, 0.4) is 0 Å². The third-order valence-corrected chi connectivity index (χ3v) is 3.72. The van der Waals surface area contributed by atoms with E-state index in [0.717, 1.165) is 12.1 Å². The molecule has 0 aliphatic carbocycles. The van der Waals surface area contributed by atoms with Crippen LogP contribution in [0.1, 0.15) is 12.7 Å². The topological polar surface area (TPSA) is 121 Å². The quantitative estimate of drug-likeness (QED) is 0.303. The number of nitrogens with zero attached hydrogens (tertiary/aromatic N) is 1. The number of nitro groups is 1. The molecule has 1 unspecified atom stereocenters. The molecule has 0 spiro atoms. The number of halogens is 1. The van der Waals surface area contributed by atoms with Gasteiger partial charge in [0.1, 0.15) is 11.5 Å². The Hall–Kier alpha value is -3.14. The highest BCUT2D eigenvalue weighted by Crippen LogP contribution is 2.29. The molecule has 0 bridgehead atoms. The predicted molar refractivity (Wildman–Crippen MR) is 99.3 cm³/mol. The summed E-state index contributed by atoms with van der Waals surface area (Å²) in [5, 5.41) is 13.3. The number of nitro benzene ring substituents is 1. The standard InChI is InChI=1S/C17H15BrN2O7/c1-10(26-16(21)8-5-12-4-7-15(18)27-12)17(22)19-13-9-11(20(23)24)3-6-14(13)25-2/h3-10H,1-2H3,(H,19,22). The number of furan rings is 1. The number of carbonyl (C=O) groups excluding carboxylic acids is 2. The zero-order valence-electron chi connectivity index (χ0n) is 14.3. The Labute approximate surface area is 162 Å². The molecule has 9 nitrogen and oxygen atoms in total. The van der Waals surface area contributed by atoms with Gasteiger partial charge in [0.15, 0.2) is 10.8 Å². The van der Waals surface area contributed by atoms with Gasteiger partial charge in [-0.25, -0.2) is 4.79 Å². The van der Waals surface area contributed by atoms with E-state index in [-0.39, 0.29) is 17.1 Å². The molecule has 0 aliphatic rings. The molecule has 0 radical (unpaired) electrons. The van der Waals surface area contributed by atoms with Gasteiger partial charge in [-0.2, -0.15) is 0 Å². The molecule has 1 N–H and O–H groups in total. The van der Waals surface area contributed by atoms with E-state index in [9.17, 15) is 19.7 Å². The predicted octanol–water partition coefficient (Wildman–Crippen LogP) is 3.54. The van der Waals surface area contributed by atoms with Gasteiger partial charge in [0.05, 0.1) is 17.7 Å². The molecule has 0 saturated carbocycles. The van der Waals surface area contributed by atoms with Crippen molar-refractivity contribution in [3.05, 3.63) is 57.0 Å². The van der Waals surface area contributed by atoms with Gasteiger partial charge in [-0.05, 0) is 47.1 Å². The maximum Gasteiger partial charge on any atom is 0.331 e. The fourth-order valence-electron chi connectivity index (χ4n) is 1.98. The van der Waals surface area contributed by atoms with Crippen LogP contribution < -0.4 is 10.1 Å². The van der Waals surface area contributed by atoms with E-state index in [2.05, 4.69) is 21.2 Å². The molecule has 2 rings (SSSR count). The van der Waals surface area contributed by atoms with E-state index >= 15 is 0 Å². The van der Waals surface area contributed by atoms with Crippen molar-refractivity contribution < 1.29 is 28.4 Å². The molecule has 0 fully saturated rings. The third-order valence-electron chi connectivity index (χ3n) is 3.29. The van der Waals surface area contributed by atoms with Crippen LogP contribution in [0.15, 0.2) is 45.5 Å². The summed E-state index contributed by atoms with van der Waals surface area (Å²) >= 11 is 3.13. The summed E-state index contributed by atoms with van der Waals surface area (Å²) in [7, 11) is 1.36. The van der Waals surface area contributed by atoms with Crippen LogP contribution in [0.5, 0.6) is 5.75 Å². The number of hydrogen-bond donors (Lipinski definition) is 1. The van der Waals surface area contributed by atoms with Crippen molar-refractivity contribution in [2.45, 2.75) is 13.0 Å². The maximum absolute atomic E-state index is 12.2. The molecular formula is C17H15BrN2O7. The number of anilines is 1. The lowest BCUT2D eigenvalue weighted by molar-refractivity contribution is -0.384. The summed E-state index contributed by atoms with van der Waals surface area (Å²) in [5.74, 6) is -0.763. The Morgan fingerprint density at radius 3 is 2.67 bits per heavy atom. The van der Waals surface area contributed by atoms with Crippen molar-refractivity contribution in [1.82, 2.24) is 0 Å². The van der Waals surface area contributed by atoms with Crippen LogP contribution in [-0.4, -0.2) is 30.0 Å². The fraction of sp³-hybridized carbons (Fsp3) is 0.176. The minimum absolute atomic E-state index is 0.0931. The van der Waals surface area contributed by atoms with Crippen LogP contribution >= 0.6 is 15.9 Å². The largest absolute Gasteiger partial charge is 0.495 e. The van der Waals surface area contributed by atoms with Gasteiger partial charge >= 0.3 is 5.97 Å². The fourth-order valence-corrected chi connectivity index (χ4v) is 2.30. The van der Waals surface area contributed by atoms with Gasteiger partial charge < -0.3 is 19.2 Å². The van der Waals surface area contributed by atoms with Crippen molar-refractivity contribution in [2.75, 3.05) is 12.4 Å². The summed E-state index contributed by atoms with van der Waals surface area (Å²) in [6.45, 7) is 1.37. The molecule has 0 aliphatic heterocycles. The zero-order valence-corrected chi connectivity index (χ0v) is 15.9. The molecule has 1 aromatic heterocycles. The highest BCUT2D eigenvalue weighted by molar-refractivity contribution is 9.10. The Morgan fingerprint density at radius 1 is 1.33 bits per heavy atom. The van der Waals surface area contributed by atoms with E-state index in [1.54, 1.807) is 12.1 Å². The van der Waals surface area contributed by atoms with Crippen LogP contribution in [-0.2, 0) is 14.3 Å². The average molecular weight is 439 g/mol. The summed E-state index contributed by atoms with van der Waals surface area (Å²) in [6.07, 6.45) is 1.36. The molecule has 1 heterocycles. The molecule has 2 aromatic rings. The lowest BCUT2D eigenvalue weighted by Crippen LogP contribution is -2.29. The van der Waals surface area contributed by atoms with Crippen molar-refractivity contribution in [2.24, 2.45) is 0 Å². The van der Waals surface area contributed by atoms with E-state index < -0.39 is 22.9 Å². The van der Waals surface area contributed by atoms with Crippen LogP contribution in [0.4, 0.5) is 11.4 Å². The van der Waals surface area contributed by atoms with Crippen molar-refractivity contribution in [3.63, 3.8) is 0 Å². The van der Waals surface area contributed by atoms with Crippen molar-refractivity contribution in [3.8, 4) is 5.75 Å². The van der Waals surface area contributed by atoms with Crippen molar-refractivity contribution >= 4 is 45.3 Å². The summed E-state index contributed by atoms with van der Waals surface area (Å²) in [6, 6.07) is 7.05. The van der Waals surface area contributed by atoms with E-state index in [4.69, 9.17) is 13.9 Å². The second-order valence-corrected chi connectivity index (χ2v) is 5.97. The monoisotopic (exact) mass is 438 g/mol. The average Bonchev–Trinajstić information content (AvgIpc) is 3.05. The number of non-ortho nitro benzene ring substituents is 1. The third kappa shape index (κ3) is 5.68. The lowest BCUT2D eigenvalue weighted by Gasteiger charge is -2.14.